The summed E-state index contributed by atoms with van der Waals surface area (Å²) < 4.78 is 7.34. The minimum absolute atomic E-state index is 0.248. The second kappa shape index (κ2) is 2.95. The van der Waals surface area contributed by atoms with Crippen molar-refractivity contribution in [1.29, 1.82) is 0 Å². The smallest absolute Gasteiger partial charge is 0.233 e. The Morgan fingerprint density at radius 3 is 2.92 bits per heavy atom. The maximum atomic E-state index is 5.79. The fraction of sp³-hybridized carbons (Fsp3) is 0.571. The van der Waals surface area contributed by atoms with E-state index in [-0.39, 0.29) is 6.10 Å². The van der Waals surface area contributed by atoms with E-state index in [1.54, 1.807) is 10.9 Å². The minimum atomic E-state index is 0.248. The van der Waals surface area contributed by atoms with Crippen LogP contribution in [-0.2, 0) is 7.05 Å². The van der Waals surface area contributed by atoms with Crippen LogP contribution in [0.3, 0.4) is 0 Å². The first-order valence-electron chi connectivity index (χ1n) is 3.81. The van der Waals surface area contributed by atoms with Crippen LogP contribution < -0.4 is 10.1 Å². The minimum Gasteiger partial charge on any atom is -0.471 e. The Bertz CT molecular complexity index is 263. The second-order valence-corrected chi connectivity index (χ2v) is 3.21. The van der Waals surface area contributed by atoms with Crippen molar-refractivity contribution in [3.63, 3.8) is 0 Å². The lowest BCUT2D eigenvalue weighted by molar-refractivity contribution is 0.132. The van der Waals surface area contributed by atoms with Gasteiger partial charge in [0.25, 0.3) is 0 Å². The van der Waals surface area contributed by atoms with E-state index in [0.29, 0.717) is 11.0 Å². The van der Waals surface area contributed by atoms with Crippen molar-refractivity contribution >= 4 is 11.6 Å². The molecule has 0 aromatic carbocycles. The fourth-order valence-corrected chi connectivity index (χ4v) is 1.25. The maximum absolute atomic E-state index is 5.79. The van der Waals surface area contributed by atoms with Crippen molar-refractivity contribution < 1.29 is 4.74 Å². The zero-order chi connectivity index (χ0) is 8.55. The second-order valence-electron chi connectivity index (χ2n) is 2.85. The predicted octanol–water partition coefficient (Wildman–Crippen LogP) is 0.424. The Kier molecular flexibility index (Phi) is 1.94. The van der Waals surface area contributed by atoms with Gasteiger partial charge in [-0.25, -0.2) is 4.98 Å². The van der Waals surface area contributed by atoms with Crippen LogP contribution in [0, 0.1) is 0 Å². The van der Waals surface area contributed by atoms with Crippen molar-refractivity contribution in [2.45, 2.75) is 6.10 Å². The molecule has 5 heteroatoms. The zero-order valence-electron chi connectivity index (χ0n) is 6.75. The molecule has 0 bridgehead atoms. The van der Waals surface area contributed by atoms with Gasteiger partial charge in [0.15, 0.2) is 5.15 Å². The Labute approximate surface area is 75.5 Å². The van der Waals surface area contributed by atoms with Crippen LogP contribution in [0.4, 0.5) is 0 Å². The van der Waals surface area contributed by atoms with E-state index in [4.69, 9.17) is 16.3 Å². The Hall–Kier alpha value is -0.740. The molecule has 66 valence electrons. The van der Waals surface area contributed by atoms with E-state index in [0.717, 1.165) is 13.1 Å². The molecular weight excluding hydrogens is 178 g/mol. The molecule has 1 aliphatic heterocycles. The van der Waals surface area contributed by atoms with Crippen LogP contribution in [0.5, 0.6) is 5.88 Å². The molecule has 4 nitrogen and oxygen atoms in total. The predicted molar refractivity (Wildman–Crippen MR) is 45.5 cm³/mol. The molecular formula is C7H10ClN3O. The Morgan fingerprint density at radius 1 is 1.75 bits per heavy atom. The van der Waals surface area contributed by atoms with Gasteiger partial charge < -0.3 is 14.6 Å². The third-order valence-electron chi connectivity index (χ3n) is 1.86. The van der Waals surface area contributed by atoms with Gasteiger partial charge in [0.1, 0.15) is 6.10 Å². The zero-order valence-corrected chi connectivity index (χ0v) is 7.51. The molecule has 0 spiro atoms. The molecule has 0 amide bonds. The molecule has 1 N–H and O–H groups in total. The average Bonchev–Trinajstić information content (AvgIpc) is 2.25. The van der Waals surface area contributed by atoms with Crippen LogP contribution in [0.15, 0.2) is 6.33 Å². The summed E-state index contributed by atoms with van der Waals surface area (Å²) in [7, 11) is 1.86. The number of aromatic nitrogens is 2. The molecule has 12 heavy (non-hydrogen) atoms. The summed E-state index contributed by atoms with van der Waals surface area (Å²) in [6.07, 6.45) is 1.89. The average molecular weight is 188 g/mol. The first-order valence-corrected chi connectivity index (χ1v) is 4.19. The fourth-order valence-electron chi connectivity index (χ4n) is 1.03. The lowest BCUT2D eigenvalue weighted by atomic mass is 10.2. The largest absolute Gasteiger partial charge is 0.471 e. The number of hydrogen-bond acceptors (Lipinski definition) is 3. The molecule has 1 saturated heterocycles. The molecule has 2 heterocycles. The van der Waals surface area contributed by atoms with Crippen LogP contribution in [0.25, 0.3) is 0 Å². The highest BCUT2D eigenvalue weighted by molar-refractivity contribution is 6.30. The number of imidazole rings is 1. The van der Waals surface area contributed by atoms with Crippen LogP contribution in [0.1, 0.15) is 0 Å². The molecule has 1 aromatic rings. The molecule has 0 saturated carbocycles. The van der Waals surface area contributed by atoms with Gasteiger partial charge in [-0.05, 0) is 0 Å². The summed E-state index contributed by atoms with van der Waals surface area (Å²) in [6, 6.07) is 0. The Morgan fingerprint density at radius 2 is 2.50 bits per heavy atom. The van der Waals surface area contributed by atoms with Crippen molar-refractivity contribution in [2.75, 3.05) is 13.1 Å². The first-order chi connectivity index (χ1) is 5.77. The van der Waals surface area contributed by atoms with Crippen molar-refractivity contribution in [3.05, 3.63) is 11.5 Å². The van der Waals surface area contributed by atoms with Gasteiger partial charge >= 0.3 is 0 Å². The van der Waals surface area contributed by atoms with Gasteiger partial charge in [-0.2, -0.15) is 0 Å². The van der Waals surface area contributed by atoms with Gasteiger partial charge in [-0.3, -0.25) is 0 Å². The van der Waals surface area contributed by atoms with Crippen LogP contribution in [-0.4, -0.2) is 28.7 Å². The van der Waals surface area contributed by atoms with Crippen LogP contribution in [0.2, 0.25) is 5.15 Å². The van der Waals surface area contributed by atoms with E-state index in [9.17, 15) is 0 Å². The summed E-state index contributed by atoms with van der Waals surface area (Å²) in [5.41, 5.74) is 0. The monoisotopic (exact) mass is 187 g/mol. The first kappa shape index (κ1) is 7.89. The van der Waals surface area contributed by atoms with E-state index in [1.807, 2.05) is 7.05 Å². The van der Waals surface area contributed by atoms with Crippen molar-refractivity contribution in [3.8, 4) is 5.88 Å². The lowest BCUT2D eigenvalue weighted by Gasteiger charge is -2.27. The van der Waals surface area contributed by atoms with E-state index < -0.39 is 0 Å². The number of hydrogen-bond donors (Lipinski definition) is 1. The molecule has 0 atom stereocenters. The number of nitrogens with zero attached hydrogens (tertiary/aromatic N) is 2. The topological polar surface area (TPSA) is 39.1 Å². The Balaban J connectivity index is 2.10. The van der Waals surface area contributed by atoms with Gasteiger partial charge in [0.2, 0.25) is 5.88 Å². The highest BCUT2D eigenvalue weighted by atomic mass is 35.5. The SMILES string of the molecule is Cn1cnc(Cl)c1OC1CNC1. The van der Waals surface area contributed by atoms with Crippen molar-refractivity contribution in [2.24, 2.45) is 7.05 Å². The molecule has 0 unspecified atom stereocenters. The van der Waals surface area contributed by atoms with Gasteiger partial charge in [-0.15, -0.1) is 0 Å². The summed E-state index contributed by atoms with van der Waals surface area (Å²) in [6.45, 7) is 1.78. The lowest BCUT2D eigenvalue weighted by Crippen LogP contribution is -2.50. The quantitative estimate of drug-likeness (QED) is 0.730. The third kappa shape index (κ3) is 1.28. The summed E-state index contributed by atoms with van der Waals surface area (Å²) in [5, 5.41) is 3.55. The number of halogens is 1. The number of nitrogens with one attached hydrogen (secondary N) is 1. The standard InChI is InChI=1S/C7H10ClN3O/c1-11-4-10-6(8)7(11)12-5-2-9-3-5/h4-5,9H,2-3H2,1H3. The molecule has 0 aliphatic carbocycles. The molecule has 1 aromatic heterocycles. The van der Waals surface area contributed by atoms with Gasteiger partial charge in [-0.1, -0.05) is 11.6 Å². The number of rotatable bonds is 2. The highest BCUT2D eigenvalue weighted by Gasteiger charge is 2.21. The van der Waals surface area contributed by atoms with E-state index in [2.05, 4.69) is 10.3 Å². The molecule has 1 fully saturated rings. The van der Waals surface area contributed by atoms with E-state index in [1.165, 1.54) is 0 Å². The van der Waals surface area contributed by atoms with E-state index >= 15 is 0 Å². The summed E-state index contributed by atoms with van der Waals surface area (Å²) in [4.78, 5) is 3.91. The molecule has 1 aliphatic rings. The molecule has 0 radical (unpaired) electrons. The summed E-state index contributed by atoms with van der Waals surface area (Å²) >= 11 is 5.79. The number of ether oxygens (including phenoxy) is 1. The third-order valence-corrected chi connectivity index (χ3v) is 2.12. The molecule has 2 rings (SSSR count). The van der Waals surface area contributed by atoms with Crippen LogP contribution >= 0.6 is 11.6 Å². The maximum Gasteiger partial charge on any atom is 0.233 e. The summed E-state index contributed by atoms with van der Waals surface area (Å²) in [5.74, 6) is 0.656. The normalized spacial score (nSPS) is 17.5. The number of aryl methyl sites for hydroxylation is 1. The van der Waals surface area contributed by atoms with Gasteiger partial charge in [0, 0.05) is 20.1 Å². The van der Waals surface area contributed by atoms with Gasteiger partial charge in [0.05, 0.1) is 6.33 Å². The van der Waals surface area contributed by atoms with Crippen molar-refractivity contribution in [1.82, 2.24) is 14.9 Å². The highest BCUT2D eigenvalue weighted by Crippen LogP contribution is 2.22.